The Morgan fingerprint density at radius 3 is 1.82 bits per heavy atom. The van der Waals surface area contributed by atoms with Crippen molar-refractivity contribution in [2.45, 2.75) is 11.0 Å². The minimum absolute atomic E-state index is 0. The van der Waals surface area contributed by atoms with Crippen molar-refractivity contribution in [3.63, 3.8) is 0 Å². The van der Waals surface area contributed by atoms with Gasteiger partial charge in [-0.15, -0.1) is 0 Å². The third kappa shape index (κ3) is 18.5. The summed E-state index contributed by atoms with van der Waals surface area (Å²) in [4.78, 5) is 0. The fraction of sp³-hybridized carbons (Fsp3) is 1.00. The Balaban J connectivity index is -0.000000320. The molecule has 0 aromatic heterocycles. The molecular weight excluding hydrogens is 219 g/mol. The summed E-state index contributed by atoms with van der Waals surface area (Å²) in [6, 6.07) is 0. The van der Waals surface area contributed by atoms with Crippen molar-refractivity contribution in [3.05, 3.63) is 0 Å². The molecule has 66 valence electrons. The van der Waals surface area contributed by atoms with E-state index in [-0.39, 0.29) is 51.8 Å². The van der Waals surface area contributed by atoms with Gasteiger partial charge >= 0.3 is 29.6 Å². The van der Waals surface area contributed by atoms with E-state index >= 15 is 0 Å². The van der Waals surface area contributed by atoms with Gasteiger partial charge in [0.1, 0.15) is 0 Å². The van der Waals surface area contributed by atoms with Gasteiger partial charge in [-0.25, -0.2) is 0 Å². The number of thiol groups is 2. The van der Waals surface area contributed by atoms with E-state index in [0.717, 1.165) is 0 Å². The van der Waals surface area contributed by atoms with Crippen LogP contribution >= 0.6 is 25.3 Å². The van der Waals surface area contributed by atoms with Crippen LogP contribution in [0.25, 0.3) is 0 Å². The average molecular weight is 230 g/mol. The molecule has 0 heterocycles. The van der Waals surface area contributed by atoms with Crippen molar-refractivity contribution in [2.75, 3.05) is 5.75 Å². The Hall–Kier alpha value is 1.57. The molecular formula is C3H11NaO4S3. The van der Waals surface area contributed by atoms with E-state index in [9.17, 15) is 8.42 Å². The SMILES string of the molecule is O.O=S(=O)(O)CCC(S)S.[NaH]. The Bertz CT molecular complexity index is 165. The predicted molar refractivity (Wildman–Crippen MR) is 53.6 cm³/mol. The van der Waals surface area contributed by atoms with Gasteiger partial charge in [-0.05, 0) is 6.42 Å². The van der Waals surface area contributed by atoms with E-state index in [1.165, 1.54) is 0 Å². The molecule has 0 radical (unpaired) electrons. The van der Waals surface area contributed by atoms with Gasteiger partial charge in [0, 0.05) is 4.58 Å². The summed E-state index contributed by atoms with van der Waals surface area (Å²) in [6.07, 6.45) is 0.255. The van der Waals surface area contributed by atoms with Crippen LogP contribution in [0.3, 0.4) is 0 Å². The van der Waals surface area contributed by atoms with Gasteiger partial charge in [0.15, 0.2) is 0 Å². The summed E-state index contributed by atoms with van der Waals surface area (Å²) >= 11 is 7.60. The molecule has 3 N–H and O–H groups in total. The van der Waals surface area contributed by atoms with E-state index < -0.39 is 10.1 Å². The molecule has 0 atom stereocenters. The zero-order valence-electron chi connectivity index (χ0n) is 5.06. The van der Waals surface area contributed by atoms with Crippen molar-refractivity contribution in [1.29, 1.82) is 0 Å². The summed E-state index contributed by atoms with van der Waals surface area (Å²) in [7, 11) is -3.82. The van der Waals surface area contributed by atoms with E-state index in [4.69, 9.17) is 4.55 Å². The fourth-order valence-electron chi connectivity index (χ4n) is 0.254. The molecule has 0 aromatic carbocycles. The van der Waals surface area contributed by atoms with Gasteiger partial charge in [-0.3, -0.25) is 4.55 Å². The van der Waals surface area contributed by atoms with E-state index in [1.807, 2.05) is 0 Å². The van der Waals surface area contributed by atoms with Crippen LogP contribution in [0.15, 0.2) is 0 Å². The van der Waals surface area contributed by atoms with Crippen LogP contribution in [0, 0.1) is 0 Å². The van der Waals surface area contributed by atoms with Crippen molar-refractivity contribution in [1.82, 2.24) is 0 Å². The molecule has 0 aliphatic carbocycles. The molecule has 0 saturated heterocycles. The van der Waals surface area contributed by atoms with Crippen LogP contribution in [0.1, 0.15) is 6.42 Å². The second kappa shape index (κ2) is 8.18. The van der Waals surface area contributed by atoms with Gasteiger partial charge in [0.25, 0.3) is 10.1 Å². The molecule has 0 rings (SSSR count). The Morgan fingerprint density at radius 1 is 1.36 bits per heavy atom. The molecule has 4 nitrogen and oxygen atoms in total. The summed E-state index contributed by atoms with van der Waals surface area (Å²) in [5.41, 5.74) is 0. The monoisotopic (exact) mass is 230 g/mol. The Labute approximate surface area is 99.3 Å². The maximum atomic E-state index is 10.0. The maximum absolute atomic E-state index is 10.0. The first-order valence-corrected chi connectivity index (χ1v) is 4.87. The number of hydrogen-bond donors (Lipinski definition) is 3. The molecule has 8 heteroatoms. The third-order valence-electron chi connectivity index (χ3n) is 0.634. The predicted octanol–water partition coefficient (Wildman–Crippen LogP) is -1.02. The topological polar surface area (TPSA) is 85.9 Å². The first-order chi connectivity index (χ1) is 3.92. The molecule has 0 aliphatic rings. The quantitative estimate of drug-likeness (QED) is 0.251. The van der Waals surface area contributed by atoms with E-state index in [2.05, 4.69) is 25.3 Å². The van der Waals surface area contributed by atoms with Crippen molar-refractivity contribution >= 4 is 64.9 Å². The van der Waals surface area contributed by atoms with Gasteiger partial charge in [-0.2, -0.15) is 33.7 Å². The summed E-state index contributed by atoms with van der Waals surface area (Å²) in [5.74, 6) is -0.273. The van der Waals surface area contributed by atoms with Crippen molar-refractivity contribution < 1.29 is 18.4 Å². The summed E-state index contributed by atoms with van der Waals surface area (Å²) in [5, 5.41) is 0. The van der Waals surface area contributed by atoms with Crippen molar-refractivity contribution in [2.24, 2.45) is 0 Å². The van der Waals surface area contributed by atoms with Gasteiger partial charge < -0.3 is 5.48 Å². The van der Waals surface area contributed by atoms with Crippen LogP contribution in [0.5, 0.6) is 0 Å². The molecule has 0 bridgehead atoms. The molecule has 0 aromatic rings. The molecule has 0 amide bonds. The average Bonchev–Trinajstić information content (AvgIpc) is 1.59. The van der Waals surface area contributed by atoms with Gasteiger partial charge in [0.2, 0.25) is 0 Å². The fourth-order valence-corrected chi connectivity index (χ4v) is 1.40. The van der Waals surface area contributed by atoms with Gasteiger partial charge in [0.05, 0.1) is 5.75 Å². The standard InChI is InChI=1S/C3H8O3S3.Na.H2O.H/c4-9(5,6)2-1-3(7)8;;;/h3,7-8H,1-2H2,(H,4,5,6);;1H2;. The molecule has 0 aliphatic heterocycles. The first kappa shape index (κ1) is 18.4. The van der Waals surface area contributed by atoms with E-state index in [0.29, 0.717) is 0 Å². The Kier molecular flexibility index (Phi) is 13.7. The summed E-state index contributed by atoms with van der Waals surface area (Å²) < 4.78 is 27.9. The molecule has 11 heavy (non-hydrogen) atoms. The van der Waals surface area contributed by atoms with Crippen LogP contribution in [0.4, 0.5) is 0 Å². The second-order valence-electron chi connectivity index (χ2n) is 1.56. The summed E-state index contributed by atoms with van der Waals surface area (Å²) in [6.45, 7) is 0. The number of rotatable bonds is 3. The molecule has 0 fully saturated rings. The Morgan fingerprint density at radius 2 is 1.73 bits per heavy atom. The minimum atomic E-state index is -3.82. The second-order valence-corrected chi connectivity index (χ2v) is 4.78. The van der Waals surface area contributed by atoms with Crippen molar-refractivity contribution in [3.8, 4) is 0 Å². The van der Waals surface area contributed by atoms with Crippen LogP contribution in [-0.4, -0.2) is 58.3 Å². The normalized spacial score (nSPS) is 10.2. The molecule has 0 saturated carbocycles. The van der Waals surface area contributed by atoms with Crippen LogP contribution < -0.4 is 0 Å². The first-order valence-electron chi connectivity index (χ1n) is 2.23. The third-order valence-corrected chi connectivity index (χ3v) is 1.90. The van der Waals surface area contributed by atoms with Gasteiger partial charge in [-0.1, -0.05) is 0 Å². The van der Waals surface area contributed by atoms with Crippen LogP contribution in [0.2, 0.25) is 0 Å². The zero-order chi connectivity index (χ0) is 7.49. The zero-order valence-corrected chi connectivity index (χ0v) is 7.66. The number of hydrogen-bond acceptors (Lipinski definition) is 4. The van der Waals surface area contributed by atoms with E-state index in [1.54, 1.807) is 0 Å². The van der Waals surface area contributed by atoms with Crippen LogP contribution in [-0.2, 0) is 10.1 Å². The molecule has 0 unspecified atom stereocenters. The molecule has 0 spiro atoms.